The summed E-state index contributed by atoms with van der Waals surface area (Å²) in [6, 6.07) is 0. The second-order valence-corrected chi connectivity index (χ2v) is 5.72. The smallest absolute Gasteiger partial charge is 0.193 e. The van der Waals surface area contributed by atoms with E-state index in [1.807, 2.05) is 24.9 Å². The van der Waals surface area contributed by atoms with Gasteiger partial charge in [-0.2, -0.15) is 11.8 Å². The van der Waals surface area contributed by atoms with Crippen molar-refractivity contribution in [1.29, 1.82) is 0 Å². The van der Waals surface area contributed by atoms with Crippen LogP contribution >= 0.6 is 35.7 Å². The number of nitrogens with zero attached hydrogens (tertiary/aromatic N) is 2. The number of aliphatic imine (C=N–C) groups is 1. The highest BCUT2D eigenvalue weighted by Crippen LogP contribution is 2.02. The number of rotatable bonds is 11. The zero-order valence-corrected chi connectivity index (χ0v) is 16.5. The largest absolute Gasteiger partial charge is 0.356 e. The average Bonchev–Trinajstić information content (AvgIpc) is 2.42. The van der Waals surface area contributed by atoms with Gasteiger partial charge >= 0.3 is 0 Å². The molecule has 0 aliphatic heterocycles. The molecule has 0 aromatic carbocycles. The molecule has 1 N–H and O–H groups in total. The van der Waals surface area contributed by atoms with Gasteiger partial charge in [-0.3, -0.25) is 4.99 Å². The van der Waals surface area contributed by atoms with E-state index in [1.165, 1.54) is 37.9 Å². The lowest BCUT2D eigenvalue weighted by molar-refractivity contribution is 0.454. The molecule has 0 atom stereocenters. The summed E-state index contributed by atoms with van der Waals surface area (Å²) >= 11 is 1.91. The minimum absolute atomic E-state index is 0. The Balaban J connectivity index is 0. The first-order valence-electron chi connectivity index (χ1n) is 7.27. The first-order valence-corrected chi connectivity index (χ1v) is 8.67. The third-order valence-electron chi connectivity index (χ3n) is 3.03. The molecule has 0 aliphatic carbocycles. The molecule has 0 aromatic heterocycles. The third-order valence-corrected chi connectivity index (χ3v) is 3.73. The lowest BCUT2D eigenvalue weighted by atomic mass is 10.2. The average molecular weight is 413 g/mol. The number of halogens is 1. The fourth-order valence-corrected chi connectivity index (χ4v) is 2.37. The quantitative estimate of drug-likeness (QED) is 0.182. The van der Waals surface area contributed by atoms with Crippen molar-refractivity contribution in [2.45, 2.75) is 38.5 Å². The van der Waals surface area contributed by atoms with Gasteiger partial charge in [0.15, 0.2) is 5.96 Å². The molecule has 0 spiro atoms. The van der Waals surface area contributed by atoms with Gasteiger partial charge in [0.2, 0.25) is 0 Å². The van der Waals surface area contributed by atoms with Gasteiger partial charge in [-0.25, -0.2) is 0 Å². The maximum Gasteiger partial charge on any atom is 0.193 e. The third kappa shape index (κ3) is 13.1. The van der Waals surface area contributed by atoms with Gasteiger partial charge in [-0.15, -0.1) is 30.6 Å². The molecule has 0 heterocycles. The molecule has 0 bridgehead atoms. The summed E-state index contributed by atoms with van der Waals surface area (Å²) in [6.07, 6.45) is 11.5. The van der Waals surface area contributed by atoms with Gasteiger partial charge in [0, 0.05) is 27.2 Å². The Morgan fingerprint density at radius 1 is 1.25 bits per heavy atom. The summed E-state index contributed by atoms with van der Waals surface area (Å²) in [5.74, 6) is 2.27. The van der Waals surface area contributed by atoms with E-state index < -0.39 is 0 Å². The van der Waals surface area contributed by atoms with Crippen molar-refractivity contribution in [3.63, 3.8) is 0 Å². The van der Waals surface area contributed by atoms with E-state index in [0.717, 1.165) is 25.5 Å². The Kier molecular flexibility index (Phi) is 19.2. The molecule has 20 heavy (non-hydrogen) atoms. The van der Waals surface area contributed by atoms with Crippen LogP contribution < -0.4 is 5.32 Å². The van der Waals surface area contributed by atoms with Gasteiger partial charge in [0.05, 0.1) is 0 Å². The van der Waals surface area contributed by atoms with Crippen molar-refractivity contribution in [3.05, 3.63) is 12.7 Å². The molecule has 0 fully saturated rings. The van der Waals surface area contributed by atoms with E-state index in [0.29, 0.717) is 0 Å². The van der Waals surface area contributed by atoms with Crippen molar-refractivity contribution >= 4 is 41.7 Å². The normalized spacial score (nSPS) is 10.8. The fraction of sp³-hybridized carbons (Fsp3) is 0.800. The standard InChI is InChI=1S/C15H31N3S.HI/c1-5-6-7-8-10-13-18(3)15(16-2)17-12-9-11-14-19-4;/h5H,1,6-14H2,2-4H3,(H,16,17);1H. The molecule has 0 amide bonds. The van der Waals surface area contributed by atoms with Crippen molar-refractivity contribution in [2.75, 3.05) is 39.2 Å². The molecule has 0 unspecified atom stereocenters. The van der Waals surface area contributed by atoms with Crippen LogP contribution in [-0.4, -0.2) is 50.1 Å². The van der Waals surface area contributed by atoms with Crippen LogP contribution in [0.5, 0.6) is 0 Å². The molecular weight excluding hydrogens is 381 g/mol. The number of guanidine groups is 1. The number of allylic oxidation sites excluding steroid dienone is 1. The molecule has 5 heteroatoms. The Morgan fingerprint density at radius 3 is 2.60 bits per heavy atom. The molecule has 0 radical (unpaired) electrons. The van der Waals surface area contributed by atoms with Crippen LogP contribution in [0.4, 0.5) is 0 Å². The fourth-order valence-electron chi connectivity index (χ4n) is 1.88. The van der Waals surface area contributed by atoms with E-state index >= 15 is 0 Å². The molecule has 0 rings (SSSR count). The topological polar surface area (TPSA) is 27.6 Å². The first kappa shape index (κ1) is 22.4. The maximum absolute atomic E-state index is 4.33. The maximum atomic E-state index is 4.33. The molecule has 3 nitrogen and oxygen atoms in total. The number of hydrogen-bond acceptors (Lipinski definition) is 2. The predicted molar refractivity (Wildman–Crippen MR) is 106 cm³/mol. The molecular formula is C15H32IN3S. The SMILES string of the molecule is C=CCCCCCN(C)C(=NC)NCCCCSC.I. The Morgan fingerprint density at radius 2 is 2.00 bits per heavy atom. The predicted octanol–water partition coefficient (Wildman–Crippen LogP) is 4.00. The highest BCUT2D eigenvalue weighted by atomic mass is 127. The van der Waals surface area contributed by atoms with Crippen molar-refractivity contribution in [2.24, 2.45) is 4.99 Å². The molecule has 0 saturated carbocycles. The summed E-state index contributed by atoms with van der Waals surface area (Å²) in [5, 5.41) is 3.43. The first-order chi connectivity index (χ1) is 9.26. The number of unbranched alkanes of at least 4 members (excludes halogenated alkanes) is 4. The van der Waals surface area contributed by atoms with Crippen molar-refractivity contribution in [1.82, 2.24) is 10.2 Å². The minimum atomic E-state index is 0. The van der Waals surface area contributed by atoms with Gasteiger partial charge in [0.25, 0.3) is 0 Å². The Labute approximate surface area is 147 Å². The number of thioether (sulfide) groups is 1. The summed E-state index contributed by atoms with van der Waals surface area (Å²) in [6.45, 7) is 5.84. The van der Waals surface area contributed by atoms with Crippen molar-refractivity contribution < 1.29 is 0 Å². The number of nitrogens with one attached hydrogen (secondary N) is 1. The van der Waals surface area contributed by atoms with E-state index in [-0.39, 0.29) is 24.0 Å². The highest BCUT2D eigenvalue weighted by Gasteiger charge is 2.04. The van der Waals surface area contributed by atoms with E-state index in [1.54, 1.807) is 0 Å². The van der Waals surface area contributed by atoms with Crippen LogP contribution in [0.25, 0.3) is 0 Å². The van der Waals surface area contributed by atoms with Gasteiger partial charge in [-0.05, 0) is 44.1 Å². The van der Waals surface area contributed by atoms with Gasteiger partial charge in [-0.1, -0.05) is 12.5 Å². The summed E-state index contributed by atoms with van der Waals surface area (Å²) in [7, 11) is 3.98. The van der Waals surface area contributed by atoms with Crippen LogP contribution in [0.3, 0.4) is 0 Å². The lowest BCUT2D eigenvalue weighted by Crippen LogP contribution is -2.39. The van der Waals surface area contributed by atoms with Gasteiger partial charge in [0.1, 0.15) is 0 Å². The summed E-state index contributed by atoms with van der Waals surface area (Å²) in [4.78, 5) is 6.56. The zero-order chi connectivity index (χ0) is 14.3. The monoisotopic (exact) mass is 413 g/mol. The second-order valence-electron chi connectivity index (χ2n) is 4.73. The van der Waals surface area contributed by atoms with Crippen LogP contribution in [-0.2, 0) is 0 Å². The highest BCUT2D eigenvalue weighted by molar-refractivity contribution is 14.0. The van der Waals surface area contributed by atoms with Crippen molar-refractivity contribution in [3.8, 4) is 0 Å². The minimum Gasteiger partial charge on any atom is -0.356 e. The Bertz CT molecular complexity index is 247. The molecule has 0 aromatic rings. The van der Waals surface area contributed by atoms with Crippen LogP contribution in [0.1, 0.15) is 38.5 Å². The van der Waals surface area contributed by atoms with Gasteiger partial charge < -0.3 is 10.2 Å². The van der Waals surface area contributed by atoms with Crippen LogP contribution in [0, 0.1) is 0 Å². The summed E-state index contributed by atoms with van der Waals surface area (Å²) < 4.78 is 0. The van der Waals surface area contributed by atoms with Crippen LogP contribution in [0.15, 0.2) is 17.6 Å². The summed E-state index contributed by atoms with van der Waals surface area (Å²) in [5.41, 5.74) is 0. The van der Waals surface area contributed by atoms with E-state index in [9.17, 15) is 0 Å². The molecule has 0 saturated heterocycles. The lowest BCUT2D eigenvalue weighted by Gasteiger charge is -2.22. The zero-order valence-electron chi connectivity index (χ0n) is 13.4. The number of hydrogen-bond donors (Lipinski definition) is 1. The van der Waals surface area contributed by atoms with E-state index in [2.05, 4.69) is 35.1 Å². The Hall–Kier alpha value is 0.0900. The van der Waals surface area contributed by atoms with Crippen LogP contribution in [0.2, 0.25) is 0 Å². The molecule has 0 aliphatic rings. The molecule has 120 valence electrons. The van der Waals surface area contributed by atoms with E-state index in [4.69, 9.17) is 0 Å². The second kappa shape index (κ2) is 17.1.